The Balaban J connectivity index is 2.33. The summed E-state index contributed by atoms with van der Waals surface area (Å²) in [6, 6.07) is 7.00. The topological polar surface area (TPSA) is 59.3 Å². The van der Waals surface area contributed by atoms with Crippen LogP contribution in [0.15, 0.2) is 18.2 Å². The van der Waals surface area contributed by atoms with Crippen molar-refractivity contribution >= 4 is 17.4 Å². The van der Waals surface area contributed by atoms with Crippen LogP contribution in [0.3, 0.4) is 0 Å². The van der Waals surface area contributed by atoms with E-state index in [-0.39, 0.29) is 11.7 Å². The summed E-state index contributed by atoms with van der Waals surface area (Å²) >= 11 is 5.94. The van der Waals surface area contributed by atoms with Crippen LogP contribution >= 0.6 is 11.6 Å². The molecule has 0 N–H and O–H groups in total. The molecule has 0 radical (unpaired) electrons. The fourth-order valence-corrected chi connectivity index (χ4v) is 2.39. The van der Waals surface area contributed by atoms with E-state index in [1.165, 1.54) is 7.11 Å². The van der Waals surface area contributed by atoms with Gasteiger partial charge < -0.3 is 9.47 Å². The first-order valence-electron chi connectivity index (χ1n) is 6.02. The van der Waals surface area contributed by atoms with Crippen LogP contribution in [-0.2, 0) is 9.53 Å². The van der Waals surface area contributed by atoms with E-state index in [0.717, 1.165) is 0 Å². The number of nitrogens with zero attached hydrogens (tertiary/aromatic N) is 1. The molecular weight excluding hydrogens is 266 g/mol. The molecule has 1 aromatic rings. The van der Waals surface area contributed by atoms with Gasteiger partial charge in [-0.3, -0.25) is 4.79 Å². The molecule has 1 aromatic carbocycles. The Kier molecular flexibility index (Phi) is 4.41. The van der Waals surface area contributed by atoms with Crippen LogP contribution in [0.2, 0.25) is 5.02 Å². The Hall–Kier alpha value is -1.57. The van der Waals surface area contributed by atoms with Gasteiger partial charge in [-0.05, 0) is 24.6 Å². The van der Waals surface area contributed by atoms with Crippen molar-refractivity contribution in [3.63, 3.8) is 0 Å². The van der Waals surface area contributed by atoms with Gasteiger partial charge in [0.05, 0.1) is 19.8 Å². The Morgan fingerprint density at radius 2 is 2.42 bits per heavy atom. The number of nitriles is 1. The molecule has 2 rings (SSSR count). The maximum absolute atomic E-state index is 12.4. The fourth-order valence-electron chi connectivity index (χ4n) is 2.21. The van der Waals surface area contributed by atoms with Crippen LogP contribution < -0.4 is 4.74 Å². The molecule has 0 aliphatic carbocycles. The van der Waals surface area contributed by atoms with E-state index in [1.807, 2.05) is 0 Å². The van der Waals surface area contributed by atoms with Crippen molar-refractivity contribution in [3.05, 3.63) is 28.8 Å². The molecule has 4 nitrogen and oxygen atoms in total. The SMILES string of the molecule is COc1ccc(Cl)cc1C(C#N)C(=O)C1CCOC1. The minimum Gasteiger partial charge on any atom is -0.496 e. The average molecular weight is 280 g/mol. The van der Waals surface area contributed by atoms with Gasteiger partial charge in [-0.15, -0.1) is 0 Å². The van der Waals surface area contributed by atoms with Gasteiger partial charge in [0.15, 0.2) is 5.78 Å². The van der Waals surface area contributed by atoms with E-state index in [2.05, 4.69) is 6.07 Å². The van der Waals surface area contributed by atoms with Crippen molar-refractivity contribution in [2.75, 3.05) is 20.3 Å². The monoisotopic (exact) mass is 279 g/mol. The predicted octanol–water partition coefficient (Wildman–Crippen LogP) is 2.56. The molecule has 0 aromatic heterocycles. The minimum absolute atomic E-state index is 0.124. The lowest BCUT2D eigenvalue weighted by Gasteiger charge is -2.15. The molecule has 1 fully saturated rings. The molecule has 1 aliphatic heterocycles. The molecular formula is C14H14ClNO3. The van der Waals surface area contributed by atoms with Crippen LogP contribution in [0.4, 0.5) is 0 Å². The molecule has 5 heteroatoms. The first kappa shape index (κ1) is 13.9. The summed E-state index contributed by atoms with van der Waals surface area (Å²) in [5, 5.41) is 9.79. The van der Waals surface area contributed by atoms with Crippen LogP contribution in [-0.4, -0.2) is 26.1 Å². The zero-order valence-electron chi connectivity index (χ0n) is 10.6. The van der Waals surface area contributed by atoms with E-state index in [4.69, 9.17) is 21.1 Å². The number of methoxy groups -OCH3 is 1. The highest BCUT2D eigenvalue weighted by atomic mass is 35.5. The van der Waals surface area contributed by atoms with Crippen LogP contribution in [0, 0.1) is 17.2 Å². The predicted molar refractivity (Wildman–Crippen MR) is 70.3 cm³/mol. The Bertz CT molecular complexity index is 518. The maximum Gasteiger partial charge on any atom is 0.160 e. The third-order valence-corrected chi connectivity index (χ3v) is 3.48. The molecule has 0 bridgehead atoms. The van der Waals surface area contributed by atoms with E-state index in [0.29, 0.717) is 36.0 Å². The van der Waals surface area contributed by atoms with Crippen LogP contribution in [0.5, 0.6) is 5.75 Å². The van der Waals surface area contributed by atoms with E-state index < -0.39 is 5.92 Å². The quantitative estimate of drug-likeness (QED) is 0.850. The summed E-state index contributed by atoms with van der Waals surface area (Å²) < 4.78 is 10.4. The third-order valence-electron chi connectivity index (χ3n) is 3.25. The number of benzene rings is 1. The Morgan fingerprint density at radius 3 is 3.00 bits per heavy atom. The number of rotatable bonds is 4. The van der Waals surface area contributed by atoms with Gasteiger partial charge in [0.2, 0.25) is 0 Å². The van der Waals surface area contributed by atoms with Gasteiger partial charge in [0, 0.05) is 23.1 Å². The number of ether oxygens (including phenoxy) is 2. The van der Waals surface area contributed by atoms with Gasteiger partial charge in [-0.2, -0.15) is 5.26 Å². The summed E-state index contributed by atoms with van der Waals surface area (Å²) in [5.41, 5.74) is 0.523. The summed E-state index contributed by atoms with van der Waals surface area (Å²) in [5.74, 6) is -0.697. The molecule has 1 heterocycles. The third kappa shape index (κ3) is 2.89. The van der Waals surface area contributed by atoms with Gasteiger partial charge in [-0.1, -0.05) is 11.6 Å². The molecule has 0 saturated carbocycles. The smallest absolute Gasteiger partial charge is 0.160 e. The standard InChI is InChI=1S/C14H14ClNO3/c1-18-13-3-2-10(15)6-11(13)12(7-16)14(17)9-4-5-19-8-9/h2-3,6,9,12H,4-5,8H2,1H3. The van der Waals surface area contributed by atoms with Gasteiger partial charge in [0.1, 0.15) is 11.7 Å². The summed E-state index contributed by atoms with van der Waals surface area (Å²) in [7, 11) is 1.50. The number of ketones is 1. The summed E-state index contributed by atoms with van der Waals surface area (Å²) in [4.78, 5) is 12.4. The second kappa shape index (κ2) is 6.05. The lowest BCUT2D eigenvalue weighted by molar-refractivity contribution is -0.123. The van der Waals surface area contributed by atoms with Gasteiger partial charge in [-0.25, -0.2) is 0 Å². The largest absolute Gasteiger partial charge is 0.496 e. The normalized spacial score (nSPS) is 19.7. The number of hydrogen-bond donors (Lipinski definition) is 0. The summed E-state index contributed by atoms with van der Waals surface area (Å²) in [6.07, 6.45) is 0.667. The van der Waals surface area contributed by atoms with Crippen LogP contribution in [0.25, 0.3) is 0 Å². The second-order valence-corrected chi connectivity index (χ2v) is 4.85. The highest BCUT2D eigenvalue weighted by Crippen LogP contribution is 2.32. The average Bonchev–Trinajstić information content (AvgIpc) is 2.93. The van der Waals surface area contributed by atoms with Gasteiger partial charge >= 0.3 is 0 Å². The van der Waals surface area contributed by atoms with Crippen molar-refractivity contribution in [1.82, 2.24) is 0 Å². The molecule has 1 aliphatic rings. The molecule has 19 heavy (non-hydrogen) atoms. The van der Waals surface area contributed by atoms with Crippen molar-refractivity contribution in [2.24, 2.45) is 5.92 Å². The number of carbonyl (C=O) groups is 1. The number of Topliss-reactive ketones (excluding diaryl/α,β-unsaturated/α-hetero) is 1. The van der Waals surface area contributed by atoms with Crippen molar-refractivity contribution in [1.29, 1.82) is 5.26 Å². The fraction of sp³-hybridized carbons (Fsp3) is 0.429. The Morgan fingerprint density at radius 1 is 1.63 bits per heavy atom. The minimum atomic E-state index is -0.861. The molecule has 0 spiro atoms. The Labute approximate surface area is 116 Å². The molecule has 0 amide bonds. The first-order valence-corrected chi connectivity index (χ1v) is 6.39. The lowest BCUT2D eigenvalue weighted by Crippen LogP contribution is -2.22. The highest BCUT2D eigenvalue weighted by molar-refractivity contribution is 6.30. The van der Waals surface area contributed by atoms with Gasteiger partial charge in [0.25, 0.3) is 0 Å². The zero-order valence-corrected chi connectivity index (χ0v) is 11.3. The van der Waals surface area contributed by atoms with Crippen molar-refractivity contribution in [3.8, 4) is 11.8 Å². The zero-order chi connectivity index (χ0) is 13.8. The van der Waals surface area contributed by atoms with Crippen molar-refractivity contribution in [2.45, 2.75) is 12.3 Å². The molecule has 2 unspecified atom stereocenters. The first-order chi connectivity index (χ1) is 9.17. The van der Waals surface area contributed by atoms with E-state index in [1.54, 1.807) is 18.2 Å². The molecule has 100 valence electrons. The van der Waals surface area contributed by atoms with Crippen molar-refractivity contribution < 1.29 is 14.3 Å². The maximum atomic E-state index is 12.4. The lowest BCUT2D eigenvalue weighted by atomic mass is 9.87. The van der Waals surface area contributed by atoms with E-state index in [9.17, 15) is 10.1 Å². The van der Waals surface area contributed by atoms with E-state index >= 15 is 0 Å². The number of hydrogen-bond acceptors (Lipinski definition) is 4. The number of carbonyl (C=O) groups excluding carboxylic acids is 1. The second-order valence-electron chi connectivity index (χ2n) is 4.41. The molecule has 2 atom stereocenters. The molecule has 1 saturated heterocycles. The van der Waals surface area contributed by atoms with Crippen LogP contribution in [0.1, 0.15) is 17.9 Å². The highest BCUT2D eigenvalue weighted by Gasteiger charge is 2.32. The summed E-state index contributed by atoms with van der Waals surface area (Å²) in [6.45, 7) is 0.959. The number of halogens is 1.